The smallest absolute Gasteiger partial charge is 0.181 e. The fourth-order valence-electron chi connectivity index (χ4n) is 1.56. The summed E-state index contributed by atoms with van der Waals surface area (Å²) in [5.74, 6) is -0.170. The Hall–Kier alpha value is -1.49. The lowest BCUT2D eigenvalue weighted by Crippen LogP contribution is -2.03. The van der Waals surface area contributed by atoms with E-state index in [-0.39, 0.29) is 10.8 Å². The average molecular weight is 255 g/mol. The Morgan fingerprint density at radius 2 is 2.18 bits per heavy atom. The summed E-state index contributed by atoms with van der Waals surface area (Å²) in [5.41, 5.74) is 0.987. The fraction of sp³-hybridized carbons (Fsp3) is 0.364. The molecule has 0 amide bonds. The number of aromatic nitrogens is 4. The summed E-state index contributed by atoms with van der Waals surface area (Å²) in [4.78, 5) is 12.1. The third-order valence-corrected chi connectivity index (χ3v) is 2.63. The van der Waals surface area contributed by atoms with Crippen LogP contribution in [0.1, 0.15) is 19.0 Å². The molecule has 0 N–H and O–H groups in total. The van der Waals surface area contributed by atoms with Gasteiger partial charge < -0.3 is 4.57 Å². The number of hydrogen-bond donors (Lipinski definition) is 0. The lowest BCUT2D eigenvalue weighted by Gasteiger charge is -2.07. The van der Waals surface area contributed by atoms with Crippen LogP contribution in [-0.4, -0.2) is 19.5 Å². The highest BCUT2D eigenvalue weighted by Gasteiger charge is 2.13. The zero-order valence-electron chi connectivity index (χ0n) is 9.61. The number of rotatable bonds is 3. The second-order valence-corrected chi connectivity index (χ2v) is 4.07. The monoisotopic (exact) mass is 254 g/mol. The molecule has 2 heterocycles. The number of aryl methyl sites for hydroxylation is 2. The molecule has 2 rings (SSSR count). The van der Waals surface area contributed by atoms with Gasteiger partial charge in [-0.3, -0.25) is 0 Å². The zero-order chi connectivity index (χ0) is 12.4. The molecule has 0 fully saturated rings. The summed E-state index contributed by atoms with van der Waals surface area (Å²) < 4.78 is 15.2. The molecule has 0 atom stereocenters. The van der Waals surface area contributed by atoms with Crippen LogP contribution in [0.3, 0.4) is 0 Å². The van der Waals surface area contributed by atoms with Gasteiger partial charge in [-0.15, -0.1) is 0 Å². The predicted molar refractivity (Wildman–Crippen MR) is 63.2 cm³/mol. The highest BCUT2D eigenvalue weighted by Crippen LogP contribution is 2.20. The lowest BCUT2D eigenvalue weighted by molar-refractivity contribution is 0.602. The van der Waals surface area contributed by atoms with Gasteiger partial charge in [0, 0.05) is 6.54 Å². The van der Waals surface area contributed by atoms with E-state index in [0.29, 0.717) is 5.82 Å². The highest BCUT2D eigenvalue weighted by atomic mass is 35.5. The van der Waals surface area contributed by atoms with Crippen molar-refractivity contribution in [2.24, 2.45) is 0 Å². The molecule has 0 spiro atoms. The minimum absolute atomic E-state index is 0.156. The molecule has 0 aromatic carbocycles. The van der Waals surface area contributed by atoms with E-state index in [4.69, 9.17) is 11.6 Å². The number of hydrogen-bond acceptors (Lipinski definition) is 3. The van der Waals surface area contributed by atoms with E-state index in [1.165, 1.54) is 0 Å². The summed E-state index contributed by atoms with van der Waals surface area (Å²) in [5, 5.41) is -0.156. The maximum atomic E-state index is 13.3. The number of halogens is 2. The maximum Gasteiger partial charge on any atom is 0.181 e. The lowest BCUT2D eigenvalue weighted by atomic mass is 10.3. The van der Waals surface area contributed by atoms with Crippen molar-refractivity contribution in [3.63, 3.8) is 0 Å². The van der Waals surface area contributed by atoms with Gasteiger partial charge in [-0.2, -0.15) is 0 Å². The number of nitrogens with zero attached hydrogens (tertiary/aromatic N) is 4. The maximum absolute atomic E-state index is 13.3. The van der Waals surface area contributed by atoms with Crippen molar-refractivity contribution in [2.75, 3.05) is 0 Å². The molecule has 0 bridgehead atoms. The molecule has 6 heteroatoms. The summed E-state index contributed by atoms with van der Waals surface area (Å²) in [6, 6.07) is 0. The molecular weight excluding hydrogens is 243 g/mol. The van der Waals surface area contributed by atoms with Crippen molar-refractivity contribution in [2.45, 2.75) is 26.8 Å². The first kappa shape index (κ1) is 12.0. The predicted octanol–water partition coefficient (Wildman–Crippen LogP) is 2.85. The van der Waals surface area contributed by atoms with Gasteiger partial charge in [-0.1, -0.05) is 18.5 Å². The fourth-order valence-corrected chi connectivity index (χ4v) is 1.78. The van der Waals surface area contributed by atoms with Crippen LogP contribution in [-0.2, 0) is 6.54 Å². The van der Waals surface area contributed by atoms with Crippen LogP contribution >= 0.6 is 11.6 Å². The van der Waals surface area contributed by atoms with E-state index in [0.717, 1.165) is 18.7 Å². The van der Waals surface area contributed by atoms with Gasteiger partial charge >= 0.3 is 0 Å². The zero-order valence-corrected chi connectivity index (χ0v) is 10.4. The van der Waals surface area contributed by atoms with E-state index in [1.54, 1.807) is 19.4 Å². The van der Waals surface area contributed by atoms with Crippen molar-refractivity contribution in [1.82, 2.24) is 19.5 Å². The molecule has 2 aromatic rings. The Morgan fingerprint density at radius 1 is 1.41 bits per heavy atom. The Morgan fingerprint density at radius 3 is 2.82 bits per heavy atom. The van der Waals surface area contributed by atoms with E-state index in [2.05, 4.69) is 21.9 Å². The largest absolute Gasteiger partial charge is 0.328 e. The Labute approximate surface area is 103 Å². The van der Waals surface area contributed by atoms with E-state index in [9.17, 15) is 4.39 Å². The third kappa shape index (κ3) is 2.29. The molecule has 0 aliphatic heterocycles. The first-order valence-corrected chi connectivity index (χ1v) is 5.71. The molecule has 90 valence electrons. The Bertz CT molecular complexity index is 515. The molecule has 4 nitrogen and oxygen atoms in total. The number of imidazole rings is 1. The van der Waals surface area contributed by atoms with Crippen LogP contribution in [0.25, 0.3) is 11.5 Å². The van der Waals surface area contributed by atoms with Crippen molar-refractivity contribution >= 4 is 11.6 Å². The van der Waals surface area contributed by atoms with Crippen molar-refractivity contribution in [3.8, 4) is 11.5 Å². The quantitative estimate of drug-likeness (QED) is 0.791. The van der Waals surface area contributed by atoms with Gasteiger partial charge in [0.1, 0.15) is 5.69 Å². The second kappa shape index (κ2) is 4.79. The van der Waals surface area contributed by atoms with Crippen LogP contribution < -0.4 is 0 Å². The van der Waals surface area contributed by atoms with Gasteiger partial charge in [-0.05, 0) is 13.3 Å². The summed E-state index contributed by atoms with van der Waals surface area (Å²) in [7, 11) is 0. The molecule has 0 aliphatic carbocycles. The average Bonchev–Trinajstić information content (AvgIpc) is 2.74. The van der Waals surface area contributed by atoms with E-state index >= 15 is 0 Å². The van der Waals surface area contributed by atoms with E-state index < -0.39 is 5.82 Å². The Kier molecular flexibility index (Phi) is 3.38. The van der Waals surface area contributed by atoms with E-state index in [1.807, 2.05) is 4.57 Å². The summed E-state index contributed by atoms with van der Waals surface area (Å²) >= 11 is 5.71. The van der Waals surface area contributed by atoms with Gasteiger partial charge in [0.2, 0.25) is 0 Å². The SMILES string of the molecule is CCCn1cncc1-c1nc(C)c(F)c(Cl)n1. The molecule has 0 unspecified atom stereocenters. The van der Waals surface area contributed by atoms with Crippen LogP contribution in [0.4, 0.5) is 4.39 Å². The molecule has 2 aromatic heterocycles. The van der Waals surface area contributed by atoms with Crippen molar-refractivity contribution in [3.05, 3.63) is 29.2 Å². The minimum Gasteiger partial charge on any atom is -0.328 e. The topological polar surface area (TPSA) is 43.6 Å². The highest BCUT2D eigenvalue weighted by molar-refractivity contribution is 6.29. The third-order valence-electron chi connectivity index (χ3n) is 2.38. The summed E-state index contributed by atoms with van der Waals surface area (Å²) in [6.45, 7) is 4.44. The van der Waals surface area contributed by atoms with Crippen LogP contribution in [0.2, 0.25) is 5.15 Å². The standard InChI is InChI=1S/C11H12ClFN4/c1-3-4-17-6-14-5-8(17)11-15-7(2)9(13)10(12)16-11/h5-6H,3-4H2,1-2H3. The molecule has 0 saturated heterocycles. The van der Waals surface area contributed by atoms with Gasteiger partial charge in [0.05, 0.1) is 18.2 Å². The van der Waals surface area contributed by atoms with Gasteiger partial charge in [0.25, 0.3) is 0 Å². The molecule has 0 saturated carbocycles. The van der Waals surface area contributed by atoms with Gasteiger partial charge in [0.15, 0.2) is 16.8 Å². The van der Waals surface area contributed by atoms with Crippen molar-refractivity contribution in [1.29, 1.82) is 0 Å². The first-order chi connectivity index (χ1) is 8.13. The second-order valence-electron chi connectivity index (χ2n) is 3.71. The molecule has 17 heavy (non-hydrogen) atoms. The molecule has 0 radical (unpaired) electrons. The molecular formula is C11H12ClFN4. The first-order valence-electron chi connectivity index (χ1n) is 5.33. The molecule has 0 aliphatic rings. The normalized spacial score (nSPS) is 10.8. The van der Waals surface area contributed by atoms with Crippen molar-refractivity contribution < 1.29 is 4.39 Å². The van der Waals surface area contributed by atoms with Gasteiger partial charge in [-0.25, -0.2) is 19.3 Å². The summed E-state index contributed by atoms with van der Waals surface area (Å²) in [6.07, 6.45) is 4.32. The van der Waals surface area contributed by atoms with Crippen LogP contribution in [0, 0.1) is 12.7 Å². The van der Waals surface area contributed by atoms with Crippen LogP contribution in [0.15, 0.2) is 12.5 Å². The van der Waals surface area contributed by atoms with Crippen LogP contribution in [0.5, 0.6) is 0 Å². The Balaban J connectivity index is 2.49. The minimum atomic E-state index is -0.572.